The summed E-state index contributed by atoms with van der Waals surface area (Å²) in [6.07, 6.45) is 5.28. The number of halogens is 1. The van der Waals surface area contributed by atoms with Crippen molar-refractivity contribution in [3.8, 4) is 0 Å². The lowest BCUT2D eigenvalue weighted by Crippen LogP contribution is -2.34. The fraction of sp³-hybridized carbons (Fsp3) is 0.538. The Balaban J connectivity index is 3.09. The Morgan fingerprint density at radius 3 is 2.67 bits per heavy atom. The van der Waals surface area contributed by atoms with Crippen molar-refractivity contribution in [2.45, 2.75) is 45.7 Å². The van der Waals surface area contributed by atoms with Gasteiger partial charge in [-0.25, -0.2) is 4.68 Å². The van der Waals surface area contributed by atoms with Gasteiger partial charge in [-0.15, -0.1) is 6.58 Å². The molecule has 0 radical (unpaired) electrons. The summed E-state index contributed by atoms with van der Waals surface area (Å²) >= 11 is 3.34. The quantitative estimate of drug-likeness (QED) is 0.820. The molecular weight excluding hydrogens is 294 g/mol. The highest BCUT2D eigenvalue weighted by atomic mass is 79.9. The molecule has 0 atom stereocenters. The minimum Gasteiger partial charge on any atom is -0.378 e. The average molecular weight is 314 g/mol. The van der Waals surface area contributed by atoms with E-state index in [9.17, 15) is 4.79 Å². The topological polar surface area (TPSA) is 46.9 Å². The molecule has 1 aromatic rings. The second-order valence-electron chi connectivity index (χ2n) is 4.54. The second-order valence-corrected chi connectivity index (χ2v) is 5.33. The van der Waals surface area contributed by atoms with Crippen LogP contribution in [0, 0.1) is 0 Å². The molecule has 0 aliphatic carbocycles. The van der Waals surface area contributed by atoms with Gasteiger partial charge >= 0.3 is 0 Å². The molecule has 0 saturated heterocycles. The van der Waals surface area contributed by atoms with Crippen molar-refractivity contribution in [1.82, 2.24) is 9.78 Å². The number of rotatable bonds is 6. The van der Waals surface area contributed by atoms with Crippen molar-refractivity contribution >= 4 is 21.6 Å². The highest BCUT2D eigenvalue weighted by Gasteiger charge is 2.21. The van der Waals surface area contributed by atoms with Crippen molar-refractivity contribution in [2.24, 2.45) is 0 Å². The molecular formula is C13H20BrN3O. The molecule has 0 saturated carbocycles. The number of allylic oxidation sites excluding steroid dienone is 1. The Bertz CT molecular complexity index is 478. The zero-order valence-corrected chi connectivity index (χ0v) is 12.7. The predicted molar refractivity (Wildman–Crippen MR) is 79.0 cm³/mol. The molecule has 0 aliphatic heterocycles. The molecule has 0 spiro atoms. The van der Waals surface area contributed by atoms with Crippen LogP contribution < -0.4 is 10.9 Å². The van der Waals surface area contributed by atoms with Gasteiger partial charge in [-0.2, -0.15) is 5.10 Å². The number of aromatic nitrogens is 2. The molecule has 0 fully saturated rings. The van der Waals surface area contributed by atoms with Gasteiger partial charge in [-0.3, -0.25) is 4.79 Å². The van der Waals surface area contributed by atoms with Crippen LogP contribution in [0.1, 0.15) is 33.6 Å². The van der Waals surface area contributed by atoms with E-state index >= 15 is 0 Å². The maximum Gasteiger partial charge on any atom is 0.283 e. The van der Waals surface area contributed by atoms with Crippen molar-refractivity contribution < 1.29 is 0 Å². The third-order valence-electron chi connectivity index (χ3n) is 3.28. The van der Waals surface area contributed by atoms with Crippen LogP contribution in [-0.2, 0) is 6.54 Å². The first-order valence-electron chi connectivity index (χ1n) is 6.12. The fourth-order valence-electron chi connectivity index (χ4n) is 1.56. The molecule has 1 heterocycles. The van der Waals surface area contributed by atoms with Gasteiger partial charge in [-0.05, 0) is 35.7 Å². The monoisotopic (exact) mass is 313 g/mol. The van der Waals surface area contributed by atoms with E-state index in [4.69, 9.17) is 0 Å². The zero-order chi connectivity index (χ0) is 13.8. The Hall–Kier alpha value is -1.10. The van der Waals surface area contributed by atoms with Crippen LogP contribution in [0.4, 0.5) is 5.69 Å². The van der Waals surface area contributed by atoms with E-state index in [2.05, 4.69) is 53.7 Å². The number of hydrogen-bond acceptors (Lipinski definition) is 3. The summed E-state index contributed by atoms with van der Waals surface area (Å²) < 4.78 is 1.89. The van der Waals surface area contributed by atoms with Gasteiger partial charge in [0, 0.05) is 5.54 Å². The summed E-state index contributed by atoms with van der Waals surface area (Å²) in [4.78, 5) is 12.0. The summed E-state index contributed by atoms with van der Waals surface area (Å²) in [5.41, 5.74) is 0.572. The van der Waals surface area contributed by atoms with Gasteiger partial charge in [0.25, 0.3) is 5.56 Å². The van der Waals surface area contributed by atoms with Crippen LogP contribution >= 0.6 is 15.9 Å². The standard InChI is InChI=1S/C13H20BrN3O/c1-5-8-17-12(18)11(14)10(9-15-17)16-13(4,6-2)7-3/h5,9,16H,1,6-8H2,2-4H3. The summed E-state index contributed by atoms with van der Waals surface area (Å²) in [7, 11) is 0. The summed E-state index contributed by atoms with van der Waals surface area (Å²) in [6.45, 7) is 10.4. The smallest absolute Gasteiger partial charge is 0.283 e. The largest absolute Gasteiger partial charge is 0.378 e. The van der Waals surface area contributed by atoms with Crippen molar-refractivity contribution in [1.29, 1.82) is 0 Å². The van der Waals surface area contributed by atoms with Crippen molar-refractivity contribution in [3.63, 3.8) is 0 Å². The van der Waals surface area contributed by atoms with Crippen LogP contribution in [-0.4, -0.2) is 15.3 Å². The van der Waals surface area contributed by atoms with E-state index in [1.165, 1.54) is 4.68 Å². The molecule has 1 aromatic heterocycles. The molecule has 0 aliphatic rings. The van der Waals surface area contributed by atoms with Gasteiger partial charge in [0.15, 0.2) is 0 Å². The first kappa shape index (κ1) is 15.0. The molecule has 1 rings (SSSR count). The lowest BCUT2D eigenvalue weighted by molar-refractivity contribution is 0.477. The zero-order valence-electron chi connectivity index (χ0n) is 11.2. The summed E-state index contributed by atoms with van der Waals surface area (Å²) in [6, 6.07) is 0. The summed E-state index contributed by atoms with van der Waals surface area (Å²) in [5, 5.41) is 7.51. The van der Waals surface area contributed by atoms with Crippen LogP contribution in [0.25, 0.3) is 0 Å². The maximum absolute atomic E-state index is 12.0. The summed E-state index contributed by atoms with van der Waals surface area (Å²) in [5.74, 6) is 0. The van der Waals surface area contributed by atoms with Crippen LogP contribution in [0.15, 0.2) is 28.1 Å². The van der Waals surface area contributed by atoms with E-state index in [0.717, 1.165) is 18.5 Å². The second kappa shape index (κ2) is 6.18. The van der Waals surface area contributed by atoms with Gasteiger partial charge in [-0.1, -0.05) is 19.9 Å². The van der Waals surface area contributed by atoms with Crippen molar-refractivity contribution in [2.75, 3.05) is 5.32 Å². The molecule has 100 valence electrons. The molecule has 5 heteroatoms. The number of hydrogen-bond donors (Lipinski definition) is 1. The number of anilines is 1. The Morgan fingerprint density at radius 2 is 2.17 bits per heavy atom. The third-order valence-corrected chi connectivity index (χ3v) is 4.05. The third kappa shape index (κ3) is 3.22. The van der Waals surface area contributed by atoms with Crippen LogP contribution in [0.3, 0.4) is 0 Å². The van der Waals surface area contributed by atoms with Gasteiger partial charge in [0.2, 0.25) is 0 Å². The SMILES string of the molecule is C=CCn1ncc(NC(C)(CC)CC)c(Br)c1=O. The fourth-order valence-corrected chi connectivity index (χ4v) is 1.96. The molecule has 1 N–H and O–H groups in total. The Kier molecular flexibility index (Phi) is 5.14. The normalized spacial score (nSPS) is 11.3. The predicted octanol–water partition coefficient (Wildman–Crippen LogP) is 3.18. The van der Waals surface area contributed by atoms with E-state index < -0.39 is 0 Å². The minimum atomic E-state index is -0.144. The maximum atomic E-state index is 12.0. The van der Waals surface area contributed by atoms with Gasteiger partial charge in [0.05, 0.1) is 18.4 Å². The molecule has 0 aromatic carbocycles. The molecule has 18 heavy (non-hydrogen) atoms. The van der Waals surface area contributed by atoms with E-state index in [1.54, 1.807) is 12.3 Å². The molecule has 0 amide bonds. The average Bonchev–Trinajstić information content (AvgIpc) is 2.38. The highest BCUT2D eigenvalue weighted by Crippen LogP contribution is 2.25. The molecule has 0 bridgehead atoms. The van der Waals surface area contributed by atoms with Gasteiger partial charge < -0.3 is 5.32 Å². The lowest BCUT2D eigenvalue weighted by Gasteiger charge is -2.29. The van der Waals surface area contributed by atoms with E-state index in [1.807, 2.05) is 0 Å². The van der Waals surface area contributed by atoms with Crippen LogP contribution in [0.2, 0.25) is 0 Å². The lowest BCUT2D eigenvalue weighted by atomic mass is 9.95. The molecule has 0 unspecified atom stereocenters. The first-order chi connectivity index (χ1) is 8.47. The van der Waals surface area contributed by atoms with Crippen LogP contribution in [0.5, 0.6) is 0 Å². The first-order valence-corrected chi connectivity index (χ1v) is 6.91. The minimum absolute atomic E-state index is 0.0265. The number of nitrogens with one attached hydrogen (secondary N) is 1. The van der Waals surface area contributed by atoms with E-state index in [0.29, 0.717) is 11.0 Å². The highest BCUT2D eigenvalue weighted by molar-refractivity contribution is 9.10. The molecule has 4 nitrogen and oxygen atoms in total. The number of nitrogens with zero attached hydrogens (tertiary/aromatic N) is 2. The Labute approximate surface area is 116 Å². The van der Waals surface area contributed by atoms with Gasteiger partial charge in [0.1, 0.15) is 4.47 Å². The Morgan fingerprint density at radius 1 is 1.56 bits per heavy atom. The van der Waals surface area contributed by atoms with E-state index in [-0.39, 0.29) is 11.1 Å². The van der Waals surface area contributed by atoms with Crippen molar-refractivity contribution in [3.05, 3.63) is 33.7 Å².